The van der Waals surface area contributed by atoms with Crippen molar-refractivity contribution in [3.8, 4) is 0 Å². The molecule has 0 spiro atoms. The second-order valence-electron chi connectivity index (χ2n) is 4.07. The molecule has 1 heterocycles. The van der Waals surface area contributed by atoms with Crippen LogP contribution in [-0.2, 0) is 6.42 Å². The number of thiazole rings is 1. The Morgan fingerprint density at radius 2 is 1.76 bits per heavy atom. The van der Waals surface area contributed by atoms with Gasteiger partial charge >= 0.3 is 13.4 Å². The van der Waals surface area contributed by atoms with Crippen LogP contribution in [0.4, 0.5) is 30.4 Å². The Labute approximate surface area is 121 Å². The van der Waals surface area contributed by atoms with E-state index in [1.54, 1.807) is 6.92 Å². The summed E-state index contributed by atoms with van der Waals surface area (Å²) in [6.45, 7) is 3.15. The van der Waals surface area contributed by atoms with Gasteiger partial charge in [-0.25, -0.2) is 0 Å². The number of nitrogens with zero attached hydrogens (tertiary/aromatic N) is 1. The molecule has 0 radical (unpaired) electrons. The summed E-state index contributed by atoms with van der Waals surface area (Å²) >= 11 is 1.26. The largest absolute Gasteiger partial charge is 0.673 e. The van der Waals surface area contributed by atoms with E-state index < -0.39 is 19.5 Å². The number of aliphatic hydroxyl groups is 1. The molecule has 1 rings (SSSR count). The van der Waals surface area contributed by atoms with Crippen molar-refractivity contribution in [2.75, 3.05) is 6.61 Å². The third-order valence-electron chi connectivity index (χ3n) is 2.54. The van der Waals surface area contributed by atoms with Crippen LogP contribution in [0.2, 0.25) is 0 Å². The van der Waals surface area contributed by atoms with Crippen molar-refractivity contribution in [2.45, 2.75) is 38.9 Å². The van der Waals surface area contributed by atoms with Crippen molar-refractivity contribution < 1.29 is 40.1 Å². The second kappa shape index (κ2) is 7.97. The van der Waals surface area contributed by atoms with Crippen LogP contribution in [0.15, 0.2) is 5.51 Å². The van der Waals surface area contributed by atoms with Gasteiger partial charge in [-0.05, 0) is 0 Å². The number of hydrogen-bond donors (Lipinski definition) is 1. The fourth-order valence-corrected chi connectivity index (χ4v) is 2.69. The molecule has 0 saturated carbocycles. The van der Waals surface area contributed by atoms with E-state index in [0.29, 0.717) is 12.1 Å². The van der Waals surface area contributed by atoms with Crippen LogP contribution < -0.4 is 4.57 Å². The monoisotopic (exact) mass is 341 g/mol. The minimum atomic E-state index is -6.00. The Morgan fingerprint density at radius 1 is 1.29 bits per heavy atom. The van der Waals surface area contributed by atoms with Crippen molar-refractivity contribution >= 4 is 18.6 Å². The molecule has 0 aliphatic heterocycles. The first kappa shape index (κ1) is 20.2. The topological polar surface area (TPSA) is 24.1 Å². The maximum atomic E-state index is 12.7. The van der Waals surface area contributed by atoms with Gasteiger partial charge in [-0.3, -0.25) is 0 Å². The highest BCUT2D eigenvalue weighted by Gasteiger charge is 2.47. The van der Waals surface area contributed by atoms with Gasteiger partial charge in [0.15, 0.2) is 5.69 Å². The number of aliphatic hydroxyl groups excluding tert-OH is 1. The van der Waals surface area contributed by atoms with Crippen LogP contribution in [0, 0.1) is 6.92 Å². The van der Waals surface area contributed by atoms with Gasteiger partial charge in [-0.1, -0.05) is 18.3 Å². The maximum Gasteiger partial charge on any atom is 0.673 e. The average Bonchev–Trinajstić information content (AvgIpc) is 2.59. The van der Waals surface area contributed by atoms with E-state index in [2.05, 4.69) is 0 Å². The molecular formula is C10H15BF7NOS. The summed E-state index contributed by atoms with van der Waals surface area (Å²) in [5, 5.41) is 8.78. The summed E-state index contributed by atoms with van der Waals surface area (Å²) < 4.78 is 78.4. The van der Waals surface area contributed by atoms with Gasteiger partial charge in [0, 0.05) is 26.4 Å². The van der Waals surface area contributed by atoms with E-state index in [0.717, 1.165) is 4.88 Å². The van der Waals surface area contributed by atoms with E-state index in [-0.39, 0.29) is 13.0 Å². The lowest BCUT2D eigenvalue weighted by molar-refractivity contribution is -0.748. The first-order chi connectivity index (χ1) is 9.41. The molecule has 1 atom stereocenters. The molecule has 1 aromatic heterocycles. The number of aromatic nitrogens is 1. The molecule has 0 aromatic carbocycles. The van der Waals surface area contributed by atoms with Gasteiger partial charge in [0.1, 0.15) is 0 Å². The summed E-state index contributed by atoms with van der Waals surface area (Å²) in [6, 6.07) is -1.46. The van der Waals surface area contributed by atoms with E-state index in [9.17, 15) is 30.4 Å². The maximum absolute atomic E-state index is 12.7. The zero-order chi connectivity index (χ0) is 16.8. The molecule has 0 bridgehead atoms. The predicted octanol–water partition coefficient (Wildman–Crippen LogP) is 3.69. The van der Waals surface area contributed by atoms with E-state index in [1.807, 2.05) is 0 Å². The summed E-state index contributed by atoms with van der Waals surface area (Å²) in [5.41, 5.74) is 2.09. The molecule has 1 unspecified atom stereocenters. The van der Waals surface area contributed by atoms with Gasteiger partial charge in [0.05, 0.1) is 4.88 Å². The Bertz CT molecular complexity index is 426. The fraction of sp³-hybridized carbons (Fsp3) is 0.700. The van der Waals surface area contributed by atoms with Crippen LogP contribution in [0.25, 0.3) is 0 Å². The van der Waals surface area contributed by atoms with Crippen molar-refractivity contribution in [1.82, 2.24) is 0 Å². The van der Waals surface area contributed by atoms with Crippen LogP contribution >= 0.6 is 11.3 Å². The molecule has 1 aromatic rings. The summed E-state index contributed by atoms with van der Waals surface area (Å²) in [5.74, 6) is 0. The third-order valence-corrected chi connectivity index (χ3v) is 3.66. The van der Waals surface area contributed by atoms with Crippen LogP contribution in [0.1, 0.15) is 30.0 Å². The number of alkyl halides is 3. The van der Waals surface area contributed by atoms with Crippen LogP contribution in [-0.4, -0.2) is 25.1 Å². The smallest absolute Gasteiger partial charge is 0.418 e. The summed E-state index contributed by atoms with van der Waals surface area (Å²) in [6.07, 6.45) is -3.79. The molecule has 124 valence electrons. The van der Waals surface area contributed by atoms with E-state index in [1.165, 1.54) is 28.3 Å². The van der Waals surface area contributed by atoms with Crippen molar-refractivity contribution in [1.29, 1.82) is 0 Å². The zero-order valence-electron chi connectivity index (χ0n) is 11.3. The molecule has 0 saturated heterocycles. The molecule has 2 nitrogen and oxygen atoms in total. The highest BCUT2D eigenvalue weighted by molar-refractivity contribution is 7.09. The quantitative estimate of drug-likeness (QED) is 0.504. The van der Waals surface area contributed by atoms with Crippen molar-refractivity contribution in [3.63, 3.8) is 0 Å². The first-order valence-corrected chi connectivity index (χ1v) is 6.82. The lowest BCUT2D eigenvalue weighted by Crippen LogP contribution is -2.47. The molecule has 0 aliphatic rings. The second-order valence-corrected chi connectivity index (χ2v) is 5.01. The van der Waals surface area contributed by atoms with Gasteiger partial charge in [-0.15, -0.1) is 0 Å². The highest BCUT2D eigenvalue weighted by atomic mass is 32.1. The Balaban J connectivity index is 0.000000690. The number of halogens is 7. The first-order valence-electron chi connectivity index (χ1n) is 5.94. The lowest BCUT2D eigenvalue weighted by Gasteiger charge is -2.13. The third kappa shape index (κ3) is 7.65. The SMILES string of the molecule is CCC([n+]1csc(CCO)c1C)C(F)(F)F.F[B-](F)(F)F. The fourth-order valence-electron chi connectivity index (χ4n) is 1.66. The number of rotatable bonds is 4. The Kier molecular flexibility index (Phi) is 7.65. The highest BCUT2D eigenvalue weighted by Crippen LogP contribution is 2.30. The van der Waals surface area contributed by atoms with Crippen molar-refractivity contribution in [3.05, 3.63) is 16.1 Å². The minimum Gasteiger partial charge on any atom is -0.418 e. The minimum absolute atomic E-state index is 0.0182. The molecule has 21 heavy (non-hydrogen) atoms. The van der Waals surface area contributed by atoms with Gasteiger partial charge in [0.25, 0.3) is 6.04 Å². The number of hydrogen-bond acceptors (Lipinski definition) is 2. The molecule has 1 N–H and O–H groups in total. The Hall–Kier alpha value is -0.835. The standard InChI is InChI=1S/C10H15F3NOS.BF4/c1-3-9(10(11,12)13)14-6-16-8(4-5-15)7(14)2;2-1(3,4)5/h6,9,15H,3-5H2,1-2H3;/q+1;-1. The molecule has 11 heteroatoms. The van der Waals surface area contributed by atoms with Crippen LogP contribution in [0.5, 0.6) is 0 Å². The lowest BCUT2D eigenvalue weighted by atomic mass is 10.2. The molecule has 0 fully saturated rings. The van der Waals surface area contributed by atoms with Gasteiger partial charge in [0.2, 0.25) is 5.51 Å². The summed E-state index contributed by atoms with van der Waals surface area (Å²) in [7, 11) is -6.00. The zero-order valence-corrected chi connectivity index (χ0v) is 12.1. The van der Waals surface area contributed by atoms with E-state index in [4.69, 9.17) is 5.11 Å². The van der Waals surface area contributed by atoms with Crippen molar-refractivity contribution in [2.24, 2.45) is 0 Å². The van der Waals surface area contributed by atoms with Gasteiger partial charge in [-0.2, -0.15) is 17.7 Å². The molecule has 0 amide bonds. The van der Waals surface area contributed by atoms with E-state index >= 15 is 0 Å². The molecular weight excluding hydrogens is 326 g/mol. The Morgan fingerprint density at radius 3 is 2.10 bits per heavy atom. The predicted molar refractivity (Wildman–Crippen MR) is 65.6 cm³/mol. The normalized spacial score (nSPS) is 13.6. The van der Waals surface area contributed by atoms with Gasteiger partial charge < -0.3 is 22.4 Å². The average molecular weight is 341 g/mol. The molecule has 0 aliphatic carbocycles. The summed E-state index contributed by atoms with van der Waals surface area (Å²) in [4.78, 5) is 0.810. The van der Waals surface area contributed by atoms with Crippen LogP contribution in [0.3, 0.4) is 0 Å².